The van der Waals surface area contributed by atoms with E-state index in [4.69, 9.17) is 9.47 Å². The van der Waals surface area contributed by atoms with Crippen molar-refractivity contribution in [3.8, 4) is 11.8 Å². The minimum absolute atomic E-state index is 0.122. The number of nitriles is 1. The predicted octanol–water partition coefficient (Wildman–Crippen LogP) is 4.16. The van der Waals surface area contributed by atoms with Crippen molar-refractivity contribution in [3.05, 3.63) is 50.3 Å². The number of thiophene rings is 1. The van der Waals surface area contributed by atoms with Crippen LogP contribution in [0, 0.1) is 18.3 Å². The van der Waals surface area contributed by atoms with Crippen molar-refractivity contribution in [1.82, 2.24) is 0 Å². The Hall–Kier alpha value is -2.63. The smallest absolute Gasteiger partial charge is 0.340 e. The molecule has 1 heterocycles. The molecule has 6 nitrogen and oxygen atoms in total. The first-order valence-corrected chi connectivity index (χ1v) is 8.96. The number of carbonyl (C=O) groups excluding carboxylic acids is 2. The molecule has 2 rings (SSSR count). The lowest BCUT2D eigenvalue weighted by atomic mass is 10.1. The summed E-state index contributed by atoms with van der Waals surface area (Å²) in [5.41, 5.74) is 0.702. The quantitative estimate of drug-likeness (QED) is 0.433. The van der Waals surface area contributed by atoms with Crippen LogP contribution in [0.3, 0.4) is 0 Å². The molecule has 1 aromatic heterocycles. The highest BCUT2D eigenvalue weighted by atomic mass is 79.9. The Balaban J connectivity index is 2.35. The third-order valence-electron chi connectivity index (χ3n) is 3.34. The molecular formula is C18H15BrN2O4S. The van der Waals surface area contributed by atoms with E-state index in [1.165, 1.54) is 31.6 Å². The van der Waals surface area contributed by atoms with Crippen molar-refractivity contribution >= 4 is 50.2 Å². The van der Waals surface area contributed by atoms with Crippen LogP contribution in [-0.4, -0.2) is 26.1 Å². The number of ether oxygens (including phenoxy) is 2. The highest BCUT2D eigenvalue weighted by molar-refractivity contribution is 9.10. The van der Waals surface area contributed by atoms with Crippen LogP contribution in [0.25, 0.3) is 6.08 Å². The van der Waals surface area contributed by atoms with Gasteiger partial charge in [0.05, 0.1) is 19.8 Å². The molecule has 0 bridgehead atoms. The molecule has 0 atom stereocenters. The zero-order valence-corrected chi connectivity index (χ0v) is 16.7. The molecule has 134 valence electrons. The van der Waals surface area contributed by atoms with Gasteiger partial charge in [0.2, 0.25) is 0 Å². The second-order valence-corrected chi connectivity index (χ2v) is 7.27. The molecule has 2 aromatic rings. The largest absolute Gasteiger partial charge is 0.496 e. The molecule has 1 N–H and O–H groups in total. The van der Waals surface area contributed by atoms with Crippen molar-refractivity contribution in [2.45, 2.75) is 6.92 Å². The molecule has 26 heavy (non-hydrogen) atoms. The van der Waals surface area contributed by atoms with Crippen LogP contribution >= 0.6 is 27.3 Å². The highest BCUT2D eigenvalue weighted by Gasteiger charge is 2.19. The molecule has 0 aliphatic rings. The van der Waals surface area contributed by atoms with E-state index in [1.807, 2.05) is 6.07 Å². The van der Waals surface area contributed by atoms with E-state index in [2.05, 4.69) is 21.2 Å². The normalized spacial score (nSPS) is 10.8. The van der Waals surface area contributed by atoms with Gasteiger partial charge in [0.15, 0.2) is 0 Å². The van der Waals surface area contributed by atoms with Crippen LogP contribution in [0.1, 0.15) is 20.8 Å². The lowest BCUT2D eigenvalue weighted by Crippen LogP contribution is -2.15. The molecule has 1 amide bonds. The van der Waals surface area contributed by atoms with E-state index in [-0.39, 0.29) is 11.1 Å². The molecule has 0 aliphatic heterocycles. The summed E-state index contributed by atoms with van der Waals surface area (Å²) in [6, 6.07) is 8.75. The minimum Gasteiger partial charge on any atom is -0.496 e. The van der Waals surface area contributed by atoms with E-state index >= 15 is 0 Å². The number of methoxy groups -OCH3 is 2. The second-order valence-electron chi connectivity index (χ2n) is 5.10. The summed E-state index contributed by atoms with van der Waals surface area (Å²) in [7, 11) is 2.77. The van der Waals surface area contributed by atoms with Gasteiger partial charge in [0.25, 0.3) is 5.91 Å². The van der Waals surface area contributed by atoms with Crippen LogP contribution in [0.2, 0.25) is 0 Å². The van der Waals surface area contributed by atoms with Crippen LogP contribution in [-0.2, 0) is 9.53 Å². The average molecular weight is 435 g/mol. The summed E-state index contributed by atoms with van der Waals surface area (Å²) in [6.45, 7) is 1.81. The molecule has 0 aliphatic carbocycles. The molecule has 0 radical (unpaired) electrons. The Morgan fingerprint density at radius 1 is 1.31 bits per heavy atom. The van der Waals surface area contributed by atoms with E-state index < -0.39 is 11.9 Å². The molecule has 8 heteroatoms. The lowest BCUT2D eigenvalue weighted by molar-refractivity contribution is -0.112. The summed E-state index contributed by atoms with van der Waals surface area (Å²) >= 11 is 4.58. The zero-order valence-electron chi connectivity index (χ0n) is 14.3. The number of nitrogens with zero attached hydrogens (tertiary/aromatic N) is 1. The van der Waals surface area contributed by atoms with Crippen LogP contribution in [0.4, 0.5) is 5.00 Å². The van der Waals surface area contributed by atoms with Crippen LogP contribution in [0.15, 0.2) is 34.3 Å². The third kappa shape index (κ3) is 4.50. The molecule has 0 fully saturated rings. The maximum Gasteiger partial charge on any atom is 0.340 e. The summed E-state index contributed by atoms with van der Waals surface area (Å²) in [5, 5.41) is 12.3. The topological polar surface area (TPSA) is 88.4 Å². The zero-order chi connectivity index (χ0) is 19.3. The standard InChI is InChI=1S/C18H15BrN2O4S/c1-10-6-14(18(23)25-3)17(26-10)21-16(22)12(9-20)7-11-8-13(19)4-5-15(11)24-2/h4-8H,1-3H3,(H,21,22)/b12-7+. The third-order valence-corrected chi connectivity index (χ3v) is 4.80. The van der Waals surface area contributed by atoms with E-state index in [0.29, 0.717) is 16.3 Å². The predicted molar refractivity (Wildman–Crippen MR) is 103 cm³/mol. The van der Waals surface area contributed by atoms with Crippen molar-refractivity contribution in [2.24, 2.45) is 0 Å². The van der Waals surface area contributed by atoms with Crippen molar-refractivity contribution in [1.29, 1.82) is 5.26 Å². The van der Waals surface area contributed by atoms with Gasteiger partial charge in [0, 0.05) is 14.9 Å². The highest BCUT2D eigenvalue weighted by Crippen LogP contribution is 2.29. The van der Waals surface area contributed by atoms with E-state index in [0.717, 1.165) is 9.35 Å². The second kappa shape index (κ2) is 8.65. The molecular weight excluding hydrogens is 420 g/mol. The fourth-order valence-corrected chi connectivity index (χ4v) is 3.43. The number of hydrogen-bond donors (Lipinski definition) is 1. The van der Waals surface area contributed by atoms with Gasteiger partial charge < -0.3 is 14.8 Å². The van der Waals surface area contributed by atoms with Crippen LogP contribution in [0.5, 0.6) is 5.75 Å². The van der Waals surface area contributed by atoms with Crippen molar-refractivity contribution in [2.75, 3.05) is 19.5 Å². The first-order chi connectivity index (χ1) is 12.4. The van der Waals surface area contributed by atoms with Gasteiger partial charge in [-0.1, -0.05) is 15.9 Å². The summed E-state index contributed by atoms with van der Waals surface area (Å²) in [5.74, 6) is -0.654. The number of carbonyl (C=O) groups is 2. The lowest BCUT2D eigenvalue weighted by Gasteiger charge is -2.07. The molecule has 0 spiro atoms. The molecule has 1 aromatic carbocycles. The van der Waals surface area contributed by atoms with Gasteiger partial charge in [-0.3, -0.25) is 4.79 Å². The van der Waals surface area contributed by atoms with Crippen molar-refractivity contribution in [3.63, 3.8) is 0 Å². The molecule has 0 saturated carbocycles. The van der Waals surface area contributed by atoms with Gasteiger partial charge >= 0.3 is 5.97 Å². The number of benzene rings is 1. The number of anilines is 1. The number of esters is 1. The van der Waals surface area contributed by atoms with Crippen LogP contribution < -0.4 is 10.1 Å². The van der Waals surface area contributed by atoms with E-state index in [1.54, 1.807) is 31.2 Å². The molecule has 0 unspecified atom stereocenters. The van der Waals surface area contributed by atoms with Gasteiger partial charge in [-0.05, 0) is 37.3 Å². The number of hydrogen-bond acceptors (Lipinski definition) is 6. The Morgan fingerprint density at radius 2 is 2.04 bits per heavy atom. The number of nitrogens with one attached hydrogen (secondary N) is 1. The number of aryl methyl sites for hydroxylation is 1. The fourth-order valence-electron chi connectivity index (χ4n) is 2.16. The Kier molecular flexibility index (Phi) is 6.55. The van der Waals surface area contributed by atoms with Gasteiger partial charge in [0.1, 0.15) is 22.4 Å². The summed E-state index contributed by atoms with van der Waals surface area (Å²) < 4.78 is 10.7. The Labute approximate surface area is 163 Å². The Morgan fingerprint density at radius 3 is 2.65 bits per heavy atom. The summed E-state index contributed by atoms with van der Waals surface area (Å²) in [4.78, 5) is 25.1. The maximum absolute atomic E-state index is 12.5. The number of halogens is 1. The van der Waals surface area contributed by atoms with Crippen molar-refractivity contribution < 1.29 is 19.1 Å². The maximum atomic E-state index is 12.5. The average Bonchev–Trinajstić information content (AvgIpc) is 2.99. The monoisotopic (exact) mass is 434 g/mol. The first-order valence-electron chi connectivity index (χ1n) is 7.35. The molecule has 0 saturated heterocycles. The van der Waals surface area contributed by atoms with E-state index in [9.17, 15) is 14.9 Å². The number of amides is 1. The Bertz CT molecular complexity index is 928. The SMILES string of the molecule is COC(=O)c1cc(C)sc1NC(=O)/C(C#N)=C/c1cc(Br)ccc1OC. The minimum atomic E-state index is -0.624. The van der Waals surface area contributed by atoms with Gasteiger partial charge in [-0.25, -0.2) is 4.79 Å². The first kappa shape index (κ1) is 19.7. The number of rotatable bonds is 5. The summed E-state index contributed by atoms with van der Waals surface area (Å²) in [6.07, 6.45) is 1.43. The van der Waals surface area contributed by atoms with Gasteiger partial charge in [-0.2, -0.15) is 5.26 Å². The van der Waals surface area contributed by atoms with Gasteiger partial charge in [-0.15, -0.1) is 11.3 Å². The fraction of sp³-hybridized carbons (Fsp3) is 0.167.